The molecular formula is C12H21N3S. The summed E-state index contributed by atoms with van der Waals surface area (Å²) in [6.07, 6.45) is 3.80. The first kappa shape index (κ1) is 11.8. The Morgan fingerprint density at radius 2 is 2.19 bits per heavy atom. The summed E-state index contributed by atoms with van der Waals surface area (Å²) in [5, 5.41) is 4.51. The van der Waals surface area contributed by atoms with E-state index in [-0.39, 0.29) is 0 Å². The Morgan fingerprint density at radius 3 is 2.69 bits per heavy atom. The maximum atomic E-state index is 4.52. The molecule has 1 fully saturated rings. The third kappa shape index (κ3) is 2.73. The zero-order valence-electron chi connectivity index (χ0n) is 10.6. The summed E-state index contributed by atoms with van der Waals surface area (Å²) in [5.74, 6) is 1.39. The summed E-state index contributed by atoms with van der Waals surface area (Å²) in [7, 11) is 0. The lowest BCUT2D eigenvalue weighted by atomic mass is 9.92. The molecule has 1 aromatic rings. The molecule has 1 heterocycles. The Hall–Kier alpha value is -0.640. The van der Waals surface area contributed by atoms with Crippen LogP contribution in [0.2, 0.25) is 0 Å². The van der Waals surface area contributed by atoms with Gasteiger partial charge >= 0.3 is 0 Å². The van der Waals surface area contributed by atoms with Gasteiger partial charge in [0.05, 0.1) is 0 Å². The molecule has 2 rings (SSSR count). The van der Waals surface area contributed by atoms with E-state index in [9.17, 15) is 0 Å². The fourth-order valence-corrected chi connectivity index (χ4v) is 3.05. The molecule has 0 aromatic carbocycles. The second-order valence-electron chi connectivity index (χ2n) is 5.86. The Labute approximate surface area is 102 Å². The monoisotopic (exact) mass is 239 g/mol. The molecule has 4 heteroatoms. The zero-order valence-corrected chi connectivity index (χ0v) is 11.4. The van der Waals surface area contributed by atoms with Gasteiger partial charge in [-0.3, -0.25) is 0 Å². The van der Waals surface area contributed by atoms with Crippen LogP contribution in [0.1, 0.15) is 58.7 Å². The maximum absolute atomic E-state index is 4.52. The van der Waals surface area contributed by atoms with Gasteiger partial charge in [-0.15, -0.1) is 0 Å². The molecule has 0 bridgehead atoms. The highest BCUT2D eigenvalue weighted by atomic mass is 32.1. The van der Waals surface area contributed by atoms with Gasteiger partial charge < -0.3 is 5.32 Å². The standard InChI is InChI=1S/C12H21N3S/c1-8(2)10-14-11(16-15-10)13-9-5-6-12(3,4)7-9/h8-9H,5-7H2,1-4H3,(H,13,14,15). The number of nitrogens with zero attached hydrogens (tertiary/aromatic N) is 2. The van der Waals surface area contributed by atoms with Crippen molar-refractivity contribution in [2.24, 2.45) is 5.41 Å². The summed E-state index contributed by atoms with van der Waals surface area (Å²) in [4.78, 5) is 4.52. The third-order valence-electron chi connectivity index (χ3n) is 3.25. The quantitative estimate of drug-likeness (QED) is 0.875. The minimum atomic E-state index is 0.423. The highest BCUT2D eigenvalue weighted by molar-refractivity contribution is 7.09. The van der Waals surface area contributed by atoms with Crippen LogP contribution in [0.25, 0.3) is 0 Å². The van der Waals surface area contributed by atoms with Crippen LogP contribution in [-0.4, -0.2) is 15.4 Å². The van der Waals surface area contributed by atoms with Gasteiger partial charge in [0.25, 0.3) is 0 Å². The van der Waals surface area contributed by atoms with Crippen molar-refractivity contribution in [3.8, 4) is 0 Å². The van der Waals surface area contributed by atoms with E-state index >= 15 is 0 Å². The first-order chi connectivity index (χ1) is 7.46. The first-order valence-corrected chi connectivity index (χ1v) is 6.84. The lowest BCUT2D eigenvalue weighted by Crippen LogP contribution is -2.17. The zero-order chi connectivity index (χ0) is 11.8. The molecular weight excluding hydrogens is 218 g/mol. The normalized spacial score (nSPS) is 23.9. The van der Waals surface area contributed by atoms with Crippen molar-refractivity contribution in [3.63, 3.8) is 0 Å². The molecule has 3 nitrogen and oxygen atoms in total. The largest absolute Gasteiger partial charge is 0.358 e. The number of anilines is 1. The van der Waals surface area contributed by atoms with E-state index in [1.807, 2.05) is 0 Å². The van der Waals surface area contributed by atoms with Gasteiger partial charge in [-0.2, -0.15) is 4.37 Å². The molecule has 1 saturated carbocycles. The molecule has 0 saturated heterocycles. The van der Waals surface area contributed by atoms with Crippen molar-refractivity contribution >= 4 is 16.7 Å². The summed E-state index contributed by atoms with van der Waals surface area (Å²) in [6.45, 7) is 8.94. The molecule has 1 N–H and O–H groups in total. The molecule has 90 valence electrons. The van der Waals surface area contributed by atoms with Crippen LogP contribution >= 0.6 is 11.5 Å². The fraction of sp³-hybridized carbons (Fsp3) is 0.833. The molecule has 1 aliphatic rings. The predicted octanol–water partition coefficient (Wildman–Crippen LogP) is 3.65. The third-order valence-corrected chi connectivity index (χ3v) is 3.91. The van der Waals surface area contributed by atoms with E-state index in [2.05, 4.69) is 42.4 Å². The maximum Gasteiger partial charge on any atom is 0.202 e. The Morgan fingerprint density at radius 1 is 1.44 bits per heavy atom. The molecule has 1 aliphatic carbocycles. The topological polar surface area (TPSA) is 37.8 Å². The molecule has 1 aromatic heterocycles. The molecule has 1 atom stereocenters. The van der Waals surface area contributed by atoms with Crippen molar-refractivity contribution in [2.75, 3.05) is 5.32 Å². The number of hydrogen-bond donors (Lipinski definition) is 1. The molecule has 0 spiro atoms. The van der Waals surface area contributed by atoms with Gasteiger partial charge in [-0.1, -0.05) is 27.7 Å². The average Bonchev–Trinajstić information content (AvgIpc) is 2.73. The molecule has 0 aliphatic heterocycles. The van der Waals surface area contributed by atoms with E-state index in [1.54, 1.807) is 0 Å². The van der Waals surface area contributed by atoms with Crippen molar-refractivity contribution in [3.05, 3.63) is 5.82 Å². The van der Waals surface area contributed by atoms with Crippen LogP contribution in [0.3, 0.4) is 0 Å². The van der Waals surface area contributed by atoms with Crippen molar-refractivity contribution in [1.82, 2.24) is 9.36 Å². The summed E-state index contributed by atoms with van der Waals surface area (Å²) < 4.78 is 4.36. The van der Waals surface area contributed by atoms with Crippen molar-refractivity contribution in [2.45, 2.75) is 58.9 Å². The van der Waals surface area contributed by atoms with Crippen LogP contribution in [0, 0.1) is 5.41 Å². The Kier molecular flexibility index (Phi) is 3.19. The molecule has 16 heavy (non-hydrogen) atoms. The van der Waals surface area contributed by atoms with Crippen LogP contribution in [-0.2, 0) is 0 Å². The van der Waals surface area contributed by atoms with E-state index in [0.29, 0.717) is 17.4 Å². The van der Waals surface area contributed by atoms with Crippen LogP contribution in [0.5, 0.6) is 0 Å². The second kappa shape index (κ2) is 4.32. The number of nitrogens with one attached hydrogen (secondary N) is 1. The number of rotatable bonds is 3. The molecule has 0 amide bonds. The van der Waals surface area contributed by atoms with Gasteiger partial charge in [-0.25, -0.2) is 4.98 Å². The van der Waals surface area contributed by atoms with E-state index in [1.165, 1.54) is 30.8 Å². The van der Waals surface area contributed by atoms with Crippen LogP contribution in [0.15, 0.2) is 0 Å². The SMILES string of the molecule is CC(C)c1nsc(NC2CCC(C)(C)C2)n1. The highest BCUT2D eigenvalue weighted by Crippen LogP contribution is 2.38. The van der Waals surface area contributed by atoms with Crippen molar-refractivity contribution < 1.29 is 0 Å². The van der Waals surface area contributed by atoms with Gasteiger partial charge in [0, 0.05) is 23.5 Å². The molecule has 0 radical (unpaired) electrons. The smallest absolute Gasteiger partial charge is 0.202 e. The highest BCUT2D eigenvalue weighted by Gasteiger charge is 2.31. The lowest BCUT2D eigenvalue weighted by molar-refractivity contribution is 0.378. The van der Waals surface area contributed by atoms with Crippen LogP contribution in [0.4, 0.5) is 5.13 Å². The lowest BCUT2D eigenvalue weighted by Gasteiger charge is -2.17. The minimum Gasteiger partial charge on any atom is -0.358 e. The van der Waals surface area contributed by atoms with E-state index in [4.69, 9.17) is 0 Å². The molecule has 1 unspecified atom stereocenters. The van der Waals surface area contributed by atoms with Crippen molar-refractivity contribution in [1.29, 1.82) is 0 Å². The number of aromatic nitrogens is 2. The first-order valence-electron chi connectivity index (χ1n) is 6.06. The fourth-order valence-electron chi connectivity index (χ4n) is 2.26. The van der Waals surface area contributed by atoms with E-state index in [0.717, 1.165) is 11.0 Å². The van der Waals surface area contributed by atoms with Crippen LogP contribution < -0.4 is 5.32 Å². The summed E-state index contributed by atoms with van der Waals surface area (Å²) in [6, 6.07) is 0.586. The van der Waals surface area contributed by atoms with Gasteiger partial charge in [-0.05, 0) is 24.7 Å². The van der Waals surface area contributed by atoms with Gasteiger partial charge in [0.2, 0.25) is 5.13 Å². The van der Waals surface area contributed by atoms with Gasteiger partial charge in [0.15, 0.2) is 0 Å². The van der Waals surface area contributed by atoms with E-state index < -0.39 is 0 Å². The summed E-state index contributed by atoms with van der Waals surface area (Å²) in [5.41, 5.74) is 0.489. The average molecular weight is 239 g/mol. The predicted molar refractivity (Wildman–Crippen MR) is 69.0 cm³/mol. The Balaban J connectivity index is 1.94. The Bertz CT molecular complexity index is 357. The summed E-state index contributed by atoms with van der Waals surface area (Å²) >= 11 is 1.49. The number of hydrogen-bond acceptors (Lipinski definition) is 4. The minimum absolute atomic E-state index is 0.423. The second-order valence-corrected chi connectivity index (χ2v) is 6.61. The van der Waals surface area contributed by atoms with Gasteiger partial charge in [0.1, 0.15) is 5.82 Å².